The minimum Gasteiger partial charge on any atom is -0.386 e. The summed E-state index contributed by atoms with van der Waals surface area (Å²) in [4.78, 5) is 25.0. The standard InChI is InChI=1S/C12H13N3O3S/c1-15(7-9(16)10-3-2-6-19-10)12(18)8-4-5-11(17)14-13-8/h2-6,9,16H,7H2,1H3,(H,14,17). The summed E-state index contributed by atoms with van der Waals surface area (Å²) in [5.41, 5.74) is -0.224. The number of carbonyl (C=O) groups is 1. The smallest absolute Gasteiger partial charge is 0.274 e. The van der Waals surface area contributed by atoms with Crippen LogP contribution >= 0.6 is 11.3 Å². The largest absolute Gasteiger partial charge is 0.386 e. The molecule has 2 rings (SSSR count). The zero-order chi connectivity index (χ0) is 13.8. The van der Waals surface area contributed by atoms with Crippen molar-refractivity contribution in [1.29, 1.82) is 0 Å². The van der Waals surface area contributed by atoms with Crippen molar-refractivity contribution < 1.29 is 9.90 Å². The van der Waals surface area contributed by atoms with Gasteiger partial charge in [0.2, 0.25) is 0 Å². The van der Waals surface area contributed by atoms with Crippen molar-refractivity contribution in [3.8, 4) is 0 Å². The number of aliphatic hydroxyl groups excluding tert-OH is 1. The third-order valence-electron chi connectivity index (χ3n) is 2.56. The molecule has 1 amide bonds. The summed E-state index contributed by atoms with van der Waals surface area (Å²) < 4.78 is 0. The van der Waals surface area contributed by atoms with Crippen LogP contribution in [0.25, 0.3) is 0 Å². The van der Waals surface area contributed by atoms with Gasteiger partial charge in [-0.1, -0.05) is 6.07 Å². The van der Waals surface area contributed by atoms with Gasteiger partial charge < -0.3 is 10.0 Å². The minimum absolute atomic E-state index is 0.139. The van der Waals surface area contributed by atoms with Crippen molar-refractivity contribution >= 4 is 17.2 Å². The highest BCUT2D eigenvalue weighted by molar-refractivity contribution is 7.10. The molecule has 0 aliphatic carbocycles. The molecule has 0 fully saturated rings. The van der Waals surface area contributed by atoms with Crippen molar-refractivity contribution in [2.45, 2.75) is 6.10 Å². The average Bonchev–Trinajstić information content (AvgIpc) is 2.92. The van der Waals surface area contributed by atoms with Crippen LogP contribution in [-0.2, 0) is 0 Å². The lowest BCUT2D eigenvalue weighted by Gasteiger charge is -2.19. The van der Waals surface area contributed by atoms with Gasteiger partial charge in [0.25, 0.3) is 11.5 Å². The van der Waals surface area contributed by atoms with E-state index in [4.69, 9.17) is 0 Å². The van der Waals surface area contributed by atoms with Gasteiger partial charge in [-0.05, 0) is 17.5 Å². The molecule has 2 aromatic rings. The fourth-order valence-corrected chi connectivity index (χ4v) is 2.28. The second-order valence-corrected chi connectivity index (χ2v) is 5.00. The van der Waals surface area contributed by atoms with Crippen molar-refractivity contribution in [3.63, 3.8) is 0 Å². The molecule has 0 saturated heterocycles. The van der Waals surface area contributed by atoms with Gasteiger partial charge in [0.1, 0.15) is 11.8 Å². The van der Waals surface area contributed by atoms with Gasteiger partial charge in [0.15, 0.2) is 0 Å². The maximum Gasteiger partial charge on any atom is 0.274 e. The Morgan fingerprint density at radius 2 is 2.32 bits per heavy atom. The minimum atomic E-state index is -0.725. The Balaban J connectivity index is 2.03. The van der Waals surface area contributed by atoms with Crippen LogP contribution in [0.3, 0.4) is 0 Å². The quantitative estimate of drug-likeness (QED) is 0.859. The molecule has 0 aliphatic rings. The number of hydrogen-bond donors (Lipinski definition) is 2. The fourth-order valence-electron chi connectivity index (χ4n) is 1.57. The van der Waals surface area contributed by atoms with E-state index in [9.17, 15) is 14.7 Å². The van der Waals surface area contributed by atoms with E-state index in [1.54, 1.807) is 7.05 Å². The van der Waals surface area contributed by atoms with Crippen LogP contribution in [-0.4, -0.2) is 39.7 Å². The van der Waals surface area contributed by atoms with Crippen molar-refractivity contribution in [1.82, 2.24) is 15.1 Å². The second-order valence-electron chi connectivity index (χ2n) is 4.02. The van der Waals surface area contributed by atoms with Crippen LogP contribution in [0.15, 0.2) is 34.4 Å². The van der Waals surface area contributed by atoms with Crippen LogP contribution in [0, 0.1) is 0 Å². The third-order valence-corrected chi connectivity index (χ3v) is 3.54. The Kier molecular flexibility index (Phi) is 4.08. The molecule has 6 nitrogen and oxygen atoms in total. The van der Waals surface area contributed by atoms with Gasteiger partial charge in [0.05, 0.1) is 6.54 Å². The van der Waals surface area contributed by atoms with Crippen molar-refractivity contribution in [3.05, 3.63) is 50.6 Å². The summed E-state index contributed by atoms with van der Waals surface area (Å²) in [5.74, 6) is -0.355. The fraction of sp³-hybridized carbons (Fsp3) is 0.250. The molecule has 0 aliphatic heterocycles. The number of nitrogens with one attached hydrogen (secondary N) is 1. The van der Waals surface area contributed by atoms with E-state index in [1.807, 2.05) is 17.5 Å². The van der Waals surface area contributed by atoms with Gasteiger partial charge in [-0.15, -0.1) is 11.3 Å². The Hall–Kier alpha value is -1.99. The Bertz CT molecular complexity index is 588. The summed E-state index contributed by atoms with van der Waals surface area (Å²) in [6, 6.07) is 6.25. The molecule has 19 heavy (non-hydrogen) atoms. The average molecular weight is 279 g/mol. The summed E-state index contributed by atoms with van der Waals surface area (Å²) in [6.45, 7) is 0.167. The molecule has 0 bridgehead atoms. The molecule has 0 aromatic carbocycles. The summed E-state index contributed by atoms with van der Waals surface area (Å²) >= 11 is 1.43. The molecule has 0 spiro atoms. The van der Waals surface area contributed by atoms with Crippen molar-refractivity contribution in [2.75, 3.05) is 13.6 Å². The van der Waals surface area contributed by atoms with Crippen LogP contribution < -0.4 is 5.56 Å². The highest BCUT2D eigenvalue weighted by Gasteiger charge is 2.18. The summed E-state index contributed by atoms with van der Waals surface area (Å²) in [5, 5.41) is 17.7. The first-order valence-corrected chi connectivity index (χ1v) is 6.48. The number of carbonyl (C=O) groups excluding carboxylic acids is 1. The molecule has 7 heteroatoms. The van der Waals surface area contributed by atoms with Crippen LogP contribution in [0.4, 0.5) is 0 Å². The maximum absolute atomic E-state index is 12.0. The molecule has 2 aromatic heterocycles. The molecule has 0 radical (unpaired) electrons. The Morgan fingerprint density at radius 1 is 1.53 bits per heavy atom. The van der Waals surface area contributed by atoms with Gasteiger partial charge in [-0.25, -0.2) is 5.10 Å². The van der Waals surface area contributed by atoms with E-state index in [0.717, 1.165) is 4.88 Å². The number of rotatable bonds is 4. The molecule has 0 saturated carbocycles. The number of thiophene rings is 1. The molecular formula is C12H13N3O3S. The lowest BCUT2D eigenvalue weighted by atomic mass is 10.2. The van der Waals surface area contributed by atoms with Gasteiger partial charge >= 0.3 is 0 Å². The maximum atomic E-state index is 12.0. The normalized spacial score (nSPS) is 12.1. The van der Waals surface area contributed by atoms with Crippen LogP contribution in [0.1, 0.15) is 21.5 Å². The van der Waals surface area contributed by atoms with Gasteiger partial charge in [-0.2, -0.15) is 5.10 Å². The summed E-state index contributed by atoms with van der Waals surface area (Å²) in [6.07, 6.45) is -0.725. The number of amides is 1. The molecule has 1 atom stereocenters. The Labute approximate surface area is 113 Å². The second kappa shape index (κ2) is 5.77. The molecule has 2 heterocycles. The summed E-state index contributed by atoms with van der Waals surface area (Å²) in [7, 11) is 1.58. The van der Waals surface area contributed by atoms with E-state index in [0.29, 0.717) is 0 Å². The molecule has 100 valence electrons. The third kappa shape index (κ3) is 3.27. The van der Waals surface area contributed by atoms with Crippen LogP contribution in [0.5, 0.6) is 0 Å². The van der Waals surface area contributed by atoms with E-state index in [2.05, 4.69) is 10.2 Å². The first-order valence-electron chi connectivity index (χ1n) is 5.60. The number of aromatic amines is 1. The zero-order valence-electron chi connectivity index (χ0n) is 10.2. The highest BCUT2D eigenvalue weighted by atomic mass is 32.1. The van der Waals surface area contributed by atoms with E-state index < -0.39 is 6.10 Å². The lowest BCUT2D eigenvalue weighted by Crippen LogP contribution is -2.32. The zero-order valence-corrected chi connectivity index (χ0v) is 11.1. The number of H-pyrrole nitrogens is 1. The van der Waals surface area contributed by atoms with Gasteiger partial charge in [0, 0.05) is 18.0 Å². The van der Waals surface area contributed by atoms with E-state index in [1.165, 1.54) is 28.4 Å². The number of aliphatic hydroxyl groups is 1. The van der Waals surface area contributed by atoms with E-state index in [-0.39, 0.29) is 23.7 Å². The highest BCUT2D eigenvalue weighted by Crippen LogP contribution is 2.19. The Morgan fingerprint density at radius 3 is 2.89 bits per heavy atom. The monoisotopic (exact) mass is 279 g/mol. The number of nitrogens with zero attached hydrogens (tertiary/aromatic N) is 2. The molecular weight excluding hydrogens is 266 g/mol. The predicted molar refractivity (Wildman–Crippen MR) is 71.1 cm³/mol. The SMILES string of the molecule is CN(CC(O)c1cccs1)C(=O)c1ccc(=O)[nH]n1. The topological polar surface area (TPSA) is 86.3 Å². The van der Waals surface area contributed by atoms with Crippen molar-refractivity contribution in [2.24, 2.45) is 0 Å². The number of likely N-dealkylation sites (N-methyl/N-ethyl adjacent to an activating group) is 1. The number of hydrogen-bond acceptors (Lipinski definition) is 5. The van der Waals surface area contributed by atoms with Gasteiger partial charge in [-0.3, -0.25) is 9.59 Å². The predicted octanol–water partition coefficient (Wildman–Crippen LogP) is 0.637. The number of aromatic nitrogens is 2. The first-order chi connectivity index (χ1) is 9.08. The molecule has 1 unspecified atom stereocenters. The van der Waals surface area contributed by atoms with E-state index >= 15 is 0 Å². The molecule has 2 N–H and O–H groups in total. The van der Waals surface area contributed by atoms with Crippen LogP contribution in [0.2, 0.25) is 0 Å². The first kappa shape index (κ1) is 13.4. The lowest BCUT2D eigenvalue weighted by molar-refractivity contribution is 0.0679.